The molecule has 0 saturated carbocycles. The Morgan fingerprint density at radius 3 is 2.53 bits per heavy atom. The summed E-state index contributed by atoms with van der Waals surface area (Å²) in [5, 5.41) is 8.94. The van der Waals surface area contributed by atoms with Crippen LogP contribution in [-0.4, -0.2) is 13.5 Å². The van der Waals surface area contributed by atoms with Crippen LogP contribution < -0.4 is 4.72 Å². The fraction of sp³-hybridized carbons (Fsp3) is 0.231. The maximum absolute atomic E-state index is 12.1. The molecule has 5 nitrogen and oxygen atoms in total. The first-order chi connectivity index (χ1) is 9.03. The molecule has 2 rings (SSSR count). The normalized spacial score (nSPS) is 11.7. The monoisotopic (exact) mass is 281 g/mol. The first kappa shape index (κ1) is 13.8. The molecule has 0 spiro atoms. The molecule has 0 atom stereocenters. The lowest BCUT2D eigenvalue weighted by atomic mass is 10.2. The second-order valence-electron chi connectivity index (χ2n) is 4.10. The number of sulfonamides is 1. The third-order valence-corrected chi connectivity index (χ3v) is 4.19. The lowest BCUT2D eigenvalue weighted by Crippen LogP contribution is -2.23. The molecule has 2 N–H and O–H groups in total. The summed E-state index contributed by atoms with van der Waals surface area (Å²) >= 11 is 0. The zero-order valence-electron chi connectivity index (χ0n) is 10.5. The Balaban J connectivity index is 2.16. The van der Waals surface area contributed by atoms with Crippen LogP contribution in [0.25, 0.3) is 0 Å². The third-order valence-electron chi connectivity index (χ3n) is 2.68. The van der Waals surface area contributed by atoms with Crippen LogP contribution in [0.3, 0.4) is 0 Å². The number of aliphatic hydroxyl groups excluding tert-OH is 1. The quantitative estimate of drug-likeness (QED) is 0.871. The maximum Gasteiger partial charge on any atom is 0.244 e. The van der Waals surface area contributed by atoms with E-state index in [2.05, 4.69) is 4.72 Å². The van der Waals surface area contributed by atoms with Crippen LogP contribution in [0.5, 0.6) is 0 Å². The van der Waals surface area contributed by atoms with Gasteiger partial charge in [-0.1, -0.05) is 30.3 Å². The molecular weight excluding hydrogens is 266 g/mol. The standard InChI is InChI=1S/C13H15NO4S/c1-10-13(7-12(9-15)18-10)19(16,17)14-8-11-5-3-2-4-6-11/h2-7,14-15H,8-9H2,1H3. The first-order valence-corrected chi connectivity index (χ1v) is 7.25. The number of hydrogen-bond donors (Lipinski definition) is 2. The van der Waals surface area contributed by atoms with Crippen LogP contribution >= 0.6 is 0 Å². The van der Waals surface area contributed by atoms with Gasteiger partial charge in [0, 0.05) is 12.6 Å². The zero-order valence-corrected chi connectivity index (χ0v) is 11.3. The predicted octanol–water partition coefficient (Wildman–Crippen LogP) is 1.56. The molecule has 0 aliphatic heterocycles. The van der Waals surface area contributed by atoms with E-state index in [0.717, 1.165) is 5.56 Å². The van der Waals surface area contributed by atoms with Gasteiger partial charge in [-0.3, -0.25) is 0 Å². The molecule has 0 radical (unpaired) electrons. The Morgan fingerprint density at radius 2 is 1.95 bits per heavy atom. The van der Waals surface area contributed by atoms with Crippen molar-refractivity contribution in [2.24, 2.45) is 0 Å². The van der Waals surface area contributed by atoms with Crippen molar-refractivity contribution in [2.45, 2.75) is 25.0 Å². The molecule has 0 aliphatic rings. The number of furan rings is 1. The van der Waals surface area contributed by atoms with Gasteiger partial charge in [-0.2, -0.15) is 0 Å². The minimum absolute atomic E-state index is 0.0625. The molecule has 0 unspecified atom stereocenters. The lowest BCUT2D eigenvalue weighted by molar-refractivity contribution is 0.244. The van der Waals surface area contributed by atoms with Crippen molar-refractivity contribution in [3.8, 4) is 0 Å². The SMILES string of the molecule is Cc1oc(CO)cc1S(=O)(=O)NCc1ccccc1. The number of aryl methyl sites for hydroxylation is 1. The molecule has 1 aromatic carbocycles. The third kappa shape index (κ3) is 3.23. The van der Waals surface area contributed by atoms with E-state index in [1.54, 1.807) is 6.92 Å². The molecule has 19 heavy (non-hydrogen) atoms. The second kappa shape index (κ2) is 5.56. The Morgan fingerprint density at radius 1 is 1.26 bits per heavy atom. The van der Waals surface area contributed by atoms with Crippen LogP contribution in [0.4, 0.5) is 0 Å². The van der Waals surface area contributed by atoms with Crippen molar-refractivity contribution in [3.63, 3.8) is 0 Å². The van der Waals surface area contributed by atoms with Gasteiger partial charge >= 0.3 is 0 Å². The topological polar surface area (TPSA) is 79.5 Å². The van der Waals surface area contributed by atoms with Crippen molar-refractivity contribution in [1.82, 2.24) is 4.72 Å². The lowest BCUT2D eigenvalue weighted by Gasteiger charge is -2.05. The van der Waals surface area contributed by atoms with E-state index >= 15 is 0 Å². The highest BCUT2D eigenvalue weighted by Crippen LogP contribution is 2.20. The summed E-state index contributed by atoms with van der Waals surface area (Å²) in [6.45, 7) is 1.44. The molecule has 0 bridgehead atoms. The number of rotatable bonds is 5. The van der Waals surface area contributed by atoms with Gasteiger partial charge in [0.15, 0.2) is 0 Å². The molecule has 102 valence electrons. The second-order valence-corrected chi connectivity index (χ2v) is 5.84. The summed E-state index contributed by atoms with van der Waals surface area (Å²) in [7, 11) is -3.63. The van der Waals surface area contributed by atoms with Crippen LogP contribution in [0.2, 0.25) is 0 Å². The van der Waals surface area contributed by atoms with Crippen molar-refractivity contribution in [1.29, 1.82) is 0 Å². The van der Waals surface area contributed by atoms with Crippen LogP contribution in [0, 0.1) is 6.92 Å². The van der Waals surface area contributed by atoms with E-state index in [0.29, 0.717) is 0 Å². The molecule has 0 fully saturated rings. The van der Waals surface area contributed by atoms with Crippen molar-refractivity contribution in [3.05, 3.63) is 53.5 Å². The average molecular weight is 281 g/mol. The van der Waals surface area contributed by atoms with Gasteiger partial charge in [0.05, 0.1) is 0 Å². The summed E-state index contributed by atoms with van der Waals surface area (Å²) in [4.78, 5) is 0.0625. The van der Waals surface area contributed by atoms with Crippen molar-refractivity contribution >= 4 is 10.0 Å². The van der Waals surface area contributed by atoms with Crippen LogP contribution in [-0.2, 0) is 23.2 Å². The Bertz CT molecular complexity index is 647. The van der Waals surface area contributed by atoms with Gasteiger partial charge in [-0.05, 0) is 12.5 Å². The summed E-state index contributed by atoms with van der Waals surface area (Å²) in [6, 6.07) is 10.6. The highest BCUT2D eigenvalue weighted by Gasteiger charge is 2.20. The predicted molar refractivity (Wildman–Crippen MR) is 69.8 cm³/mol. The van der Waals surface area contributed by atoms with E-state index < -0.39 is 10.0 Å². The Hall–Kier alpha value is -1.63. The Kier molecular flexibility index (Phi) is 4.04. The molecule has 2 aromatic rings. The fourth-order valence-corrected chi connectivity index (χ4v) is 2.94. The summed E-state index contributed by atoms with van der Waals surface area (Å²) in [5.74, 6) is 0.502. The minimum atomic E-state index is -3.63. The molecule has 0 amide bonds. The smallest absolute Gasteiger partial charge is 0.244 e. The number of benzene rings is 1. The average Bonchev–Trinajstić information content (AvgIpc) is 2.80. The van der Waals surface area contributed by atoms with E-state index in [4.69, 9.17) is 9.52 Å². The summed E-state index contributed by atoms with van der Waals surface area (Å²) in [6.07, 6.45) is 0. The van der Waals surface area contributed by atoms with Gasteiger partial charge in [0.1, 0.15) is 23.0 Å². The minimum Gasteiger partial charge on any atom is -0.462 e. The molecule has 1 aromatic heterocycles. The fourth-order valence-electron chi connectivity index (χ4n) is 1.72. The zero-order chi connectivity index (χ0) is 13.9. The van der Waals surface area contributed by atoms with E-state index in [9.17, 15) is 8.42 Å². The van der Waals surface area contributed by atoms with Crippen molar-refractivity contribution in [2.75, 3.05) is 0 Å². The first-order valence-electron chi connectivity index (χ1n) is 5.76. The van der Waals surface area contributed by atoms with E-state index in [1.165, 1.54) is 6.07 Å². The summed E-state index contributed by atoms with van der Waals surface area (Å²) in [5.41, 5.74) is 0.870. The molecule has 1 heterocycles. The largest absolute Gasteiger partial charge is 0.462 e. The molecule has 0 saturated heterocycles. The van der Waals surface area contributed by atoms with Gasteiger partial charge in [-0.15, -0.1) is 0 Å². The highest BCUT2D eigenvalue weighted by atomic mass is 32.2. The van der Waals surface area contributed by atoms with Gasteiger partial charge in [-0.25, -0.2) is 13.1 Å². The molecule has 6 heteroatoms. The maximum atomic E-state index is 12.1. The van der Waals surface area contributed by atoms with Crippen LogP contribution in [0.15, 0.2) is 45.7 Å². The van der Waals surface area contributed by atoms with Gasteiger partial charge < -0.3 is 9.52 Å². The molecular formula is C13H15NO4S. The summed E-state index contributed by atoms with van der Waals surface area (Å²) < 4.78 is 31.8. The van der Waals surface area contributed by atoms with Gasteiger partial charge in [0.2, 0.25) is 10.0 Å². The number of hydrogen-bond acceptors (Lipinski definition) is 4. The number of nitrogens with one attached hydrogen (secondary N) is 1. The van der Waals surface area contributed by atoms with Crippen LogP contribution in [0.1, 0.15) is 17.1 Å². The highest BCUT2D eigenvalue weighted by molar-refractivity contribution is 7.89. The Labute approximate surface area is 111 Å². The van der Waals surface area contributed by atoms with Gasteiger partial charge in [0.25, 0.3) is 0 Å². The van der Waals surface area contributed by atoms with Crippen molar-refractivity contribution < 1.29 is 17.9 Å². The molecule has 0 aliphatic carbocycles. The number of aliphatic hydroxyl groups is 1. The van der Waals surface area contributed by atoms with E-state index in [1.807, 2.05) is 30.3 Å². The van der Waals surface area contributed by atoms with E-state index in [-0.39, 0.29) is 29.6 Å².